The summed E-state index contributed by atoms with van der Waals surface area (Å²) < 4.78 is 12.3. The van der Waals surface area contributed by atoms with Crippen LogP contribution < -0.4 is 9.47 Å². The lowest BCUT2D eigenvalue weighted by molar-refractivity contribution is 0.297. The number of nitrogens with zero attached hydrogens (tertiary/aromatic N) is 2. The van der Waals surface area contributed by atoms with E-state index < -0.39 is 0 Å². The van der Waals surface area contributed by atoms with E-state index in [1.54, 1.807) is 0 Å². The van der Waals surface area contributed by atoms with Gasteiger partial charge < -0.3 is 9.47 Å². The zero-order chi connectivity index (χ0) is 29.8. The second-order valence-corrected chi connectivity index (χ2v) is 12.6. The zero-order valence-electron chi connectivity index (χ0n) is 25.2. The van der Waals surface area contributed by atoms with Crippen molar-refractivity contribution in [3.8, 4) is 23.6 Å². The van der Waals surface area contributed by atoms with Crippen LogP contribution in [0.4, 0.5) is 0 Å². The fourth-order valence-corrected chi connectivity index (χ4v) is 6.58. The molecule has 0 amide bonds. The molecule has 0 fully saturated rings. The maximum atomic E-state index is 10.0. The largest absolute Gasteiger partial charge is 0.492 e. The molecule has 6 heteroatoms. The molecule has 3 aromatic rings. The van der Waals surface area contributed by atoms with E-state index in [1.165, 1.54) is 87.7 Å². The molecule has 0 aliphatic carbocycles. The van der Waals surface area contributed by atoms with Crippen molar-refractivity contribution in [2.75, 3.05) is 13.2 Å². The average molecular weight is 601 g/mol. The van der Waals surface area contributed by atoms with Gasteiger partial charge in [-0.25, -0.2) is 0 Å². The van der Waals surface area contributed by atoms with Crippen LogP contribution in [-0.2, 0) is 0 Å². The van der Waals surface area contributed by atoms with Gasteiger partial charge in [0.05, 0.1) is 34.1 Å². The van der Waals surface area contributed by atoms with Crippen LogP contribution in [0.5, 0.6) is 11.5 Å². The molecule has 3 rings (SSSR count). The smallest absolute Gasteiger partial charge is 0.133 e. The third-order valence-electron chi connectivity index (χ3n) is 6.97. The van der Waals surface area contributed by atoms with Crippen LogP contribution in [0.3, 0.4) is 0 Å². The highest BCUT2D eigenvalue weighted by Gasteiger charge is 2.16. The molecule has 222 valence electrons. The first-order valence-electron chi connectivity index (χ1n) is 15.5. The molecule has 0 aliphatic rings. The minimum Gasteiger partial charge on any atom is -0.492 e. The Kier molecular flexibility index (Phi) is 15.9. The van der Waals surface area contributed by atoms with Gasteiger partial charge in [0.2, 0.25) is 0 Å². The number of ether oxygens (including phenoxy) is 2. The van der Waals surface area contributed by atoms with Crippen molar-refractivity contribution in [2.24, 2.45) is 0 Å². The first kappa shape index (κ1) is 33.4. The van der Waals surface area contributed by atoms with Crippen molar-refractivity contribution in [3.63, 3.8) is 0 Å². The summed E-state index contributed by atoms with van der Waals surface area (Å²) in [5.41, 5.74) is 1.08. The topological polar surface area (TPSA) is 66.0 Å². The molecule has 0 atom stereocenters. The summed E-state index contributed by atoms with van der Waals surface area (Å²) in [5, 5.41) is 20.1. The van der Waals surface area contributed by atoms with Crippen molar-refractivity contribution in [1.82, 2.24) is 0 Å². The number of hydrogen-bond donors (Lipinski definition) is 0. The van der Waals surface area contributed by atoms with Gasteiger partial charge in [-0.15, -0.1) is 0 Å². The first-order chi connectivity index (χ1) is 20.7. The maximum absolute atomic E-state index is 10.0. The third-order valence-corrected chi connectivity index (χ3v) is 9.20. The van der Waals surface area contributed by atoms with Crippen molar-refractivity contribution >= 4 is 23.5 Å². The van der Waals surface area contributed by atoms with Gasteiger partial charge in [-0.05, 0) is 49.2 Å². The van der Waals surface area contributed by atoms with Gasteiger partial charge in [0, 0.05) is 9.79 Å². The Morgan fingerprint density at radius 2 is 0.905 bits per heavy atom. The Morgan fingerprint density at radius 3 is 1.31 bits per heavy atom. The lowest BCUT2D eigenvalue weighted by Gasteiger charge is -2.14. The highest BCUT2D eigenvalue weighted by molar-refractivity contribution is 8.00. The number of para-hydroxylation sites is 2. The molecule has 0 saturated carbocycles. The predicted octanol–water partition coefficient (Wildman–Crippen LogP) is 11.2. The monoisotopic (exact) mass is 600 g/mol. The molecule has 0 aliphatic heterocycles. The van der Waals surface area contributed by atoms with Gasteiger partial charge in [-0.3, -0.25) is 0 Å². The van der Waals surface area contributed by atoms with Crippen LogP contribution in [-0.4, -0.2) is 13.2 Å². The van der Waals surface area contributed by atoms with E-state index in [0.29, 0.717) is 24.3 Å². The summed E-state index contributed by atoms with van der Waals surface area (Å²) in [7, 11) is 0. The number of hydrogen-bond acceptors (Lipinski definition) is 6. The predicted molar refractivity (Wildman–Crippen MR) is 175 cm³/mol. The third kappa shape index (κ3) is 11.3. The Labute approximate surface area is 261 Å². The summed E-state index contributed by atoms with van der Waals surface area (Å²) in [4.78, 5) is 3.39. The summed E-state index contributed by atoms with van der Waals surface area (Å²) in [6.07, 6.45) is 14.6. The van der Waals surface area contributed by atoms with E-state index >= 15 is 0 Å². The van der Waals surface area contributed by atoms with Gasteiger partial charge in [0.15, 0.2) is 0 Å². The van der Waals surface area contributed by atoms with E-state index in [9.17, 15) is 10.5 Å². The second kappa shape index (κ2) is 20.0. The molecule has 0 heterocycles. The lowest BCUT2D eigenvalue weighted by Crippen LogP contribution is -1.99. The molecule has 3 aromatic carbocycles. The molecule has 0 saturated heterocycles. The van der Waals surface area contributed by atoms with Crippen LogP contribution in [0.1, 0.15) is 102 Å². The van der Waals surface area contributed by atoms with Crippen LogP contribution in [0.2, 0.25) is 0 Å². The van der Waals surface area contributed by atoms with Crippen LogP contribution in [0, 0.1) is 22.7 Å². The standard InChI is InChI=1S/C36H44N2O2S2/c1-3-5-7-9-11-17-23-39-31-19-13-15-21-33(31)41-35-25-30(28-38)36(26-29(35)27-37)42-34-22-16-14-20-32(34)40-24-18-12-10-8-6-4-2/h13-16,19-22,25-26H,3-12,17-18,23-24H2,1-2H3. The minimum atomic E-state index is 0.540. The summed E-state index contributed by atoms with van der Waals surface area (Å²) in [6.45, 7) is 5.81. The molecule has 42 heavy (non-hydrogen) atoms. The van der Waals surface area contributed by atoms with Crippen molar-refractivity contribution in [3.05, 3.63) is 71.8 Å². The molecule has 0 unspecified atom stereocenters. The normalized spacial score (nSPS) is 10.7. The second-order valence-electron chi connectivity index (χ2n) is 10.4. The average Bonchev–Trinajstić information content (AvgIpc) is 3.02. The van der Waals surface area contributed by atoms with Gasteiger partial charge >= 0.3 is 0 Å². The molecular weight excluding hydrogens is 557 g/mol. The summed E-state index contributed by atoms with van der Waals surface area (Å²) in [6, 6.07) is 24.2. The quantitative estimate of drug-likeness (QED) is 0.120. The maximum Gasteiger partial charge on any atom is 0.133 e. The zero-order valence-corrected chi connectivity index (χ0v) is 26.8. The van der Waals surface area contributed by atoms with Crippen molar-refractivity contribution < 1.29 is 9.47 Å². The molecule has 0 N–H and O–H groups in total. The lowest BCUT2D eigenvalue weighted by atomic mass is 10.1. The molecule has 0 aromatic heterocycles. The molecule has 4 nitrogen and oxygen atoms in total. The fourth-order valence-electron chi connectivity index (χ4n) is 4.58. The number of unbranched alkanes of at least 4 members (excludes halogenated alkanes) is 10. The van der Waals surface area contributed by atoms with Gasteiger partial charge in [0.25, 0.3) is 0 Å². The first-order valence-corrected chi connectivity index (χ1v) is 17.1. The van der Waals surface area contributed by atoms with Crippen LogP contribution >= 0.6 is 23.5 Å². The fraction of sp³-hybridized carbons (Fsp3) is 0.444. The number of benzene rings is 3. The highest BCUT2D eigenvalue weighted by Crippen LogP contribution is 2.42. The Balaban J connectivity index is 1.68. The Bertz CT molecular complexity index is 1210. The van der Waals surface area contributed by atoms with E-state index in [-0.39, 0.29) is 0 Å². The van der Waals surface area contributed by atoms with Crippen LogP contribution in [0.15, 0.2) is 80.2 Å². The van der Waals surface area contributed by atoms with E-state index in [1.807, 2.05) is 60.7 Å². The van der Waals surface area contributed by atoms with Gasteiger partial charge in [0.1, 0.15) is 23.6 Å². The Morgan fingerprint density at radius 1 is 0.524 bits per heavy atom. The summed E-state index contributed by atoms with van der Waals surface area (Å²) in [5.74, 6) is 1.63. The van der Waals surface area contributed by atoms with Crippen LogP contribution in [0.25, 0.3) is 0 Å². The van der Waals surface area contributed by atoms with E-state index in [2.05, 4.69) is 26.0 Å². The van der Waals surface area contributed by atoms with Gasteiger partial charge in [-0.2, -0.15) is 10.5 Å². The molecule has 0 bridgehead atoms. The SMILES string of the molecule is CCCCCCCCOc1ccccc1Sc1cc(C#N)c(Sc2ccccc2OCCCCCCCC)cc1C#N. The Hall–Kier alpha value is -3.06. The van der Waals surface area contributed by atoms with Crippen molar-refractivity contribution in [2.45, 2.75) is 110 Å². The molecular formula is C36H44N2O2S2. The van der Waals surface area contributed by atoms with E-state index in [4.69, 9.17) is 9.47 Å². The number of nitriles is 2. The minimum absolute atomic E-state index is 0.540. The summed E-state index contributed by atoms with van der Waals surface area (Å²) >= 11 is 2.95. The van der Waals surface area contributed by atoms with E-state index in [0.717, 1.165) is 43.9 Å². The van der Waals surface area contributed by atoms with Crippen molar-refractivity contribution in [1.29, 1.82) is 10.5 Å². The highest BCUT2D eigenvalue weighted by atomic mass is 32.2. The molecule has 0 spiro atoms. The number of rotatable bonds is 20. The van der Waals surface area contributed by atoms with Gasteiger partial charge in [-0.1, -0.05) is 126 Å². The molecule has 0 radical (unpaired) electrons.